The van der Waals surface area contributed by atoms with Crippen molar-refractivity contribution in [3.63, 3.8) is 0 Å². The molecule has 3 saturated heterocycles. The lowest BCUT2D eigenvalue weighted by molar-refractivity contribution is -0.146. The Labute approximate surface area is 190 Å². The highest BCUT2D eigenvalue weighted by atomic mass is 35.5. The predicted octanol–water partition coefficient (Wildman–Crippen LogP) is 3.99. The predicted molar refractivity (Wildman–Crippen MR) is 120 cm³/mol. The number of ether oxygens (including phenoxy) is 2. The topological polar surface area (TPSA) is 45.3 Å². The first-order valence-electron chi connectivity index (χ1n) is 12.0. The molecular formula is C25H33ClN2O3. The molecule has 1 aromatic carbocycles. The SMILES string of the molecule is C[C@H]1CCC[C@]2(C)C[C@H]3OC(=O)C(CN4CCN(c5cccc(Cl)c5)CC4)[C@H]3[C@@H]3O[C@@]132. The molecule has 168 valence electrons. The van der Waals surface area contributed by atoms with E-state index in [2.05, 4.69) is 29.7 Å². The lowest BCUT2D eigenvalue weighted by Gasteiger charge is -2.49. The van der Waals surface area contributed by atoms with Gasteiger partial charge in [0.25, 0.3) is 0 Å². The molecular weight excluding hydrogens is 412 g/mol. The zero-order chi connectivity index (χ0) is 21.4. The van der Waals surface area contributed by atoms with Crippen molar-refractivity contribution in [2.24, 2.45) is 23.2 Å². The van der Waals surface area contributed by atoms with E-state index in [0.717, 1.165) is 44.2 Å². The highest BCUT2D eigenvalue weighted by molar-refractivity contribution is 6.30. The van der Waals surface area contributed by atoms with Crippen LogP contribution < -0.4 is 4.90 Å². The lowest BCUT2D eigenvalue weighted by atomic mass is 9.53. The molecule has 5 nitrogen and oxygen atoms in total. The lowest BCUT2D eigenvalue weighted by Crippen LogP contribution is -2.55. The molecule has 31 heavy (non-hydrogen) atoms. The molecule has 0 amide bonds. The van der Waals surface area contributed by atoms with Gasteiger partial charge in [-0.15, -0.1) is 0 Å². The Hall–Kier alpha value is -1.30. The summed E-state index contributed by atoms with van der Waals surface area (Å²) in [5, 5.41) is 0.777. The van der Waals surface area contributed by atoms with Crippen LogP contribution in [0.5, 0.6) is 0 Å². The Morgan fingerprint density at radius 2 is 2.03 bits per heavy atom. The minimum atomic E-state index is -0.0502. The maximum absolute atomic E-state index is 13.0. The monoisotopic (exact) mass is 444 g/mol. The molecule has 0 N–H and O–H groups in total. The minimum absolute atomic E-state index is 0.00724. The molecule has 3 heterocycles. The van der Waals surface area contributed by atoms with Gasteiger partial charge in [0.05, 0.1) is 12.0 Å². The van der Waals surface area contributed by atoms with Crippen molar-refractivity contribution < 1.29 is 14.3 Å². The Morgan fingerprint density at radius 1 is 1.23 bits per heavy atom. The number of piperazine rings is 1. The first-order valence-corrected chi connectivity index (χ1v) is 12.4. The quantitative estimate of drug-likeness (QED) is 0.521. The number of hydrogen-bond donors (Lipinski definition) is 0. The average molecular weight is 445 g/mol. The van der Waals surface area contributed by atoms with E-state index in [1.54, 1.807) is 0 Å². The van der Waals surface area contributed by atoms with Gasteiger partial charge in [-0.3, -0.25) is 9.69 Å². The van der Waals surface area contributed by atoms with Gasteiger partial charge in [0, 0.05) is 54.8 Å². The van der Waals surface area contributed by atoms with Crippen molar-refractivity contribution in [3.8, 4) is 0 Å². The summed E-state index contributed by atoms with van der Waals surface area (Å²) in [6.45, 7) is 9.36. The van der Waals surface area contributed by atoms with Crippen molar-refractivity contribution >= 4 is 23.3 Å². The van der Waals surface area contributed by atoms with Crippen LogP contribution >= 0.6 is 11.6 Å². The zero-order valence-electron chi connectivity index (χ0n) is 18.6. The third-order valence-corrected chi connectivity index (χ3v) is 9.43. The van der Waals surface area contributed by atoms with Crippen LogP contribution in [-0.2, 0) is 14.3 Å². The molecule has 6 rings (SSSR count). The van der Waals surface area contributed by atoms with Crippen molar-refractivity contribution in [2.45, 2.75) is 57.3 Å². The molecule has 0 radical (unpaired) electrons. The third kappa shape index (κ3) is 2.99. The second kappa shape index (κ2) is 7.10. The summed E-state index contributed by atoms with van der Waals surface area (Å²) in [4.78, 5) is 17.8. The van der Waals surface area contributed by atoms with Crippen LogP contribution in [-0.4, -0.2) is 61.4 Å². The summed E-state index contributed by atoms with van der Waals surface area (Å²) in [5.74, 6) is 0.764. The molecule has 0 aromatic heterocycles. The Morgan fingerprint density at radius 3 is 2.81 bits per heavy atom. The van der Waals surface area contributed by atoms with Crippen LogP contribution in [0.1, 0.15) is 39.5 Å². The summed E-state index contributed by atoms with van der Waals surface area (Å²) in [6, 6.07) is 8.07. The Balaban J connectivity index is 1.14. The highest BCUT2D eigenvalue weighted by Gasteiger charge is 2.78. The normalized spacial score (nSPS) is 44.3. The van der Waals surface area contributed by atoms with Crippen molar-refractivity contribution in [3.05, 3.63) is 29.3 Å². The Kier molecular flexibility index (Phi) is 4.65. The number of anilines is 1. The molecule has 5 aliphatic rings. The first kappa shape index (κ1) is 20.3. The maximum atomic E-state index is 13.0. The van der Waals surface area contributed by atoms with Gasteiger partial charge < -0.3 is 14.4 Å². The first-order chi connectivity index (χ1) is 14.9. The molecule has 7 atom stereocenters. The number of fused-ring (bicyclic) bond motifs is 2. The summed E-state index contributed by atoms with van der Waals surface area (Å²) < 4.78 is 12.6. The summed E-state index contributed by atoms with van der Waals surface area (Å²) in [7, 11) is 0. The minimum Gasteiger partial charge on any atom is -0.462 e. The van der Waals surface area contributed by atoms with Gasteiger partial charge in [-0.25, -0.2) is 0 Å². The fourth-order valence-corrected chi connectivity index (χ4v) is 7.77. The molecule has 1 spiro atoms. The number of carbonyl (C=O) groups excluding carboxylic acids is 1. The van der Waals surface area contributed by atoms with Crippen LogP contribution in [0.4, 0.5) is 5.69 Å². The van der Waals surface area contributed by atoms with Crippen LogP contribution in [0.3, 0.4) is 0 Å². The molecule has 0 bridgehead atoms. The molecule has 5 fully saturated rings. The molecule has 6 heteroatoms. The second-order valence-corrected chi connectivity index (χ2v) is 11.3. The number of rotatable bonds is 3. The van der Waals surface area contributed by atoms with Crippen molar-refractivity contribution in [2.75, 3.05) is 37.6 Å². The third-order valence-electron chi connectivity index (χ3n) is 9.19. The largest absolute Gasteiger partial charge is 0.462 e. The van der Waals surface area contributed by atoms with E-state index in [9.17, 15) is 4.79 Å². The van der Waals surface area contributed by atoms with Gasteiger partial charge in [0.15, 0.2) is 0 Å². The van der Waals surface area contributed by atoms with Gasteiger partial charge in [0.2, 0.25) is 0 Å². The number of nitrogens with zero attached hydrogens (tertiary/aromatic N) is 2. The van der Waals surface area contributed by atoms with Gasteiger partial charge in [-0.2, -0.15) is 0 Å². The van der Waals surface area contributed by atoms with E-state index in [1.165, 1.54) is 24.9 Å². The van der Waals surface area contributed by atoms with Crippen LogP contribution in [0.2, 0.25) is 5.02 Å². The molecule has 3 aliphatic heterocycles. The number of halogens is 1. The van der Waals surface area contributed by atoms with Crippen LogP contribution in [0.15, 0.2) is 24.3 Å². The van der Waals surface area contributed by atoms with E-state index in [-0.39, 0.29) is 41.0 Å². The number of benzene rings is 1. The van der Waals surface area contributed by atoms with E-state index in [0.29, 0.717) is 5.92 Å². The summed E-state index contributed by atoms with van der Waals surface area (Å²) in [5.41, 5.74) is 1.33. The number of esters is 1. The maximum Gasteiger partial charge on any atom is 0.311 e. The van der Waals surface area contributed by atoms with E-state index >= 15 is 0 Å². The van der Waals surface area contributed by atoms with E-state index in [4.69, 9.17) is 21.1 Å². The second-order valence-electron chi connectivity index (χ2n) is 10.8. The molecule has 1 aromatic rings. The smallest absolute Gasteiger partial charge is 0.311 e. The molecule has 2 saturated carbocycles. The van der Waals surface area contributed by atoms with Crippen LogP contribution in [0.25, 0.3) is 0 Å². The summed E-state index contributed by atoms with van der Waals surface area (Å²) in [6.07, 6.45) is 4.93. The van der Waals surface area contributed by atoms with Crippen LogP contribution in [0, 0.1) is 23.2 Å². The molecule has 2 aliphatic carbocycles. The van der Waals surface area contributed by atoms with Crippen molar-refractivity contribution in [1.82, 2.24) is 4.90 Å². The van der Waals surface area contributed by atoms with Gasteiger partial charge in [-0.1, -0.05) is 37.9 Å². The fourth-order valence-electron chi connectivity index (χ4n) is 7.58. The van der Waals surface area contributed by atoms with E-state index < -0.39 is 0 Å². The highest BCUT2D eigenvalue weighted by Crippen LogP contribution is 2.70. The average Bonchev–Trinajstić information content (AvgIpc) is 3.43. The standard InChI is InChI=1S/C25H33ClN2O3/c1-16-5-4-8-24(2)14-20-21(22-25(16,24)31-22)19(23(29)30-20)15-27-9-11-28(12-10-27)18-7-3-6-17(26)13-18/h3,6-7,13,16,19-22H,4-5,8-12,14-15H2,1-2H3/t16-,19?,20+,21+,22-,24+,25-/m0/s1. The number of carbonyl (C=O) groups is 1. The Bertz CT molecular complexity index is 887. The van der Waals surface area contributed by atoms with Gasteiger partial charge in [-0.05, 0) is 43.4 Å². The number of epoxide rings is 1. The van der Waals surface area contributed by atoms with Crippen molar-refractivity contribution in [1.29, 1.82) is 0 Å². The van der Waals surface area contributed by atoms with Gasteiger partial charge >= 0.3 is 5.97 Å². The number of hydrogen-bond acceptors (Lipinski definition) is 5. The zero-order valence-corrected chi connectivity index (χ0v) is 19.3. The fraction of sp³-hybridized carbons (Fsp3) is 0.720. The van der Waals surface area contributed by atoms with E-state index in [1.807, 2.05) is 18.2 Å². The summed E-state index contributed by atoms with van der Waals surface area (Å²) >= 11 is 6.17. The van der Waals surface area contributed by atoms with Gasteiger partial charge in [0.1, 0.15) is 11.7 Å². The molecule has 1 unspecified atom stereocenters.